The molecule has 0 aliphatic rings. The van der Waals surface area contributed by atoms with E-state index >= 15 is 0 Å². The van der Waals surface area contributed by atoms with Gasteiger partial charge < -0.3 is 9.88 Å². The molecule has 2 aromatic rings. The molecule has 0 amide bonds. The van der Waals surface area contributed by atoms with E-state index in [1.54, 1.807) is 0 Å². The Bertz CT molecular complexity index is 580. The molecule has 0 fully saturated rings. The largest absolute Gasteiger partial charge is 0.381 e. The lowest BCUT2D eigenvalue weighted by Gasteiger charge is -2.05. The van der Waals surface area contributed by atoms with Crippen molar-refractivity contribution in [1.82, 2.24) is 4.57 Å². The average molecular weight is 249 g/mol. The Morgan fingerprint density at radius 2 is 2.22 bits per heavy atom. The number of aryl methyl sites for hydroxylation is 1. The van der Waals surface area contributed by atoms with Gasteiger partial charge in [-0.3, -0.25) is 10.1 Å². The number of rotatable bonds is 4. The zero-order valence-electron chi connectivity index (χ0n) is 9.76. The highest BCUT2D eigenvalue weighted by molar-refractivity contribution is 5.52. The summed E-state index contributed by atoms with van der Waals surface area (Å²) in [6.45, 7) is 0.531. The summed E-state index contributed by atoms with van der Waals surface area (Å²) in [5, 5.41) is 13.6. The van der Waals surface area contributed by atoms with E-state index in [0.717, 1.165) is 11.6 Å². The Balaban J connectivity index is 2.10. The monoisotopic (exact) mass is 249 g/mol. The van der Waals surface area contributed by atoms with Crippen LogP contribution in [0.2, 0.25) is 0 Å². The zero-order chi connectivity index (χ0) is 13.1. The number of halogens is 1. The van der Waals surface area contributed by atoms with Crippen molar-refractivity contribution in [1.29, 1.82) is 0 Å². The van der Waals surface area contributed by atoms with Gasteiger partial charge in [0.25, 0.3) is 0 Å². The van der Waals surface area contributed by atoms with E-state index in [1.807, 2.05) is 30.1 Å². The van der Waals surface area contributed by atoms with E-state index in [1.165, 1.54) is 12.1 Å². The highest BCUT2D eigenvalue weighted by Gasteiger charge is 2.13. The van der Waals surface area contributed by atoms with Crippen LogP contribution in [0.5, 0.6) is 0 Å². The van der Waals surface area contributed by atoms with E-state index in [0.29, 0.717) is 12.2 Å². The minimum atomic E-state index is -0.828. The van der Waals surface area contributed by atoms with E-state index in [4.69, 9.17) is 0 Å². The van der Waals surface area contributed by atoms with Crippen molar-refractivity contribution < 1.29 is 9.31 Å². The predicted octanol–water partition coefficient (Wildman–Crippen LogP) is 2.68. The zero-order valence-corrected chi connectivity index (χ0v) is 9.76. The Labute approximate surface area is 103 Å². The van der Waals surface area contributed by atoms with E-state index in [2.05, 4.69) is 5.32 Å². The van der Waals surface area contributed by atoms with Gasteiger partial charge in [0, 0.05) is 37.7 Å². The van der Waals surface area contributed by atoms with Gasteiger partial charge >= 0.3 is 5.69 Å². The number of nitrogens with zero attached hydrogens (tertiary/aromatic N) is 2. The van der Waals surface area contributed by atoms with Crippen LogP contribution in [-0.2, 0) is 13.6 Å². The number of aromatic nitrogens is 1. The Morgan fingerprint density at radius 1 is 1.44 bits per heavy atom. The highest BCUT2D eigenvalue weighted by atomic mass is 19.1. The van der Waals surface area contributed by atoms with Crippen molar-refractivity contribution in [3.8, 4) is 0 Å². The second-order valence-corrected chi connectivity index (χ2v) is 3.96. The predicted molar refractivity (Wildman–Crippen MR) is 65.8 cm³/mol. The Kier molecular flexibility index (Phi) is 3.27. The fourth-order valence-electron chi connectivity index (χ4n) is 1.63. The first-order valence-corrected chi connectivity index (χ1v) is 5.35. The van der Waals surface area contributed by atoms with Crippen molar-refractivity contribution >= 4 is 11.4 Å². The molecule has 0 aliphatic carbocycles. The van der Waals surface area contributed by atoms with Crippen LogP contribution >= 0.6 is 0 Å². The molecule has 2 rings (SSSR count). The molecule has 5 nitrogen and oxygen atoms in total. The number of hydrogen-bond donors (Lipinski definition) is 1. The molecule has 94 valence electrons. The standard InChI is InChI=1S/C12H12FN3O2/c1-15-5-4-9(8-15)7-14-10-2-3-11(13)12(6-10)16(17)18/h2-6,8,14H,7H2,1H3. The third-order valence-corrected chi connectivity index (χ3v) is 2.53. The smallest absolute Gasteiger partial charge is 0.306 e. The highest BCUT2D eigenvalue weighted by Crippen LogP contribution is 2.21. The molecule has 0 aliphatic heterocycles. The maximum atomic E-state index is 13.1. The van der Waals surface area contributed by atoms with Gasteiger partial charge in [-0.2, -0.15) is 4.39 Å². The van der Waals surface area contributed by atoms with Crippen molar-refractivity contribution in [3.63, 3.8) is 0 Å². The summed E-state index contributed by atoms with van der Waals surface area (Å²) < 4.78 is 15.0. The van der Waals surface area contributed by atoms with Crippen LogP contribution in [0.15, 0.2) is 36.7 Å². The number of hydrogen-bond acceptors (Lipinski definition) is 3. The van der Waals surface area contributed by atoms with Gasteiger partial charge in [0.05, 0.1) is 4.92 Å². The van der Waals surface area contributed by atoms with Crippen molar-refractivity contribution in [2.45, 2.75) is 6.54 Å². The lowest BCUT2D eigenvalue weighted by molar-refractivity contribution is -0.387. The minimum Gasteiger partial charge on any atom is -0.381 e. The first kappa shape index (κ1) is 12.1. The van der Waals surface area contributed by atoms with Gasteiger partial charge in [0.2, 0.25) is 5.82 Å². The third-order valence-electron chi connectivity index (χ3n) is 2.53. The maximum Gasteiger partial charge on any atom is 0.306 e. The molecular weight excluding hydrogens is 237 g/mol. The van der Waals surface area contributed by atoms with Crippen molar-refractivity contribution in [2.24, 2.45) is 7.05 Å². The average Bonchev–Trinajstić information content (AvgIpc) is 2.74. The van der Waals surface area contributed by atoms with Gasteiger partial charge in [0.1, 0.15) is 0 Å². The van der Waals surface area contributed by atoms with E-state index < -0.39 is 16.4 Å². The topological polar surface area (TPSA) is 60.1 Å². The summed E-state index contributed by atoms with van der Waals surface area (Å²) in [5.74, 6) is -0.828. The molecule has 0 saturated carbocycles. The first-order valence-electron chi connectivity index (χ1n) is 5.35. The summed E-state index contributed by atoms with van der Waals surface area (Å²) in [6.07, 6.45) is 3.84. The minimum absolute atomic E-state index is 0.520. The van der Waals surface area contributed by atoms with Crippen molar-refractivity contribution in [2.75, 3.05) is 5.32 Å². The Hall–Kier alpha value is -2.37. The number of nitro groups is 1. The normalized spacial score (nSPS) is 10.3. The van der Waals surface area contributed by atoms with E-state index in [-0.39, 0.29) is 0 Å². The Morgan fingerprint density at radius 3 is 2.83 bits per heavy atom. The van der Waals surface area contributed by atoms with Crippen LogP contribution in [0, 0.1) is 15.9 Å². The number of nitrogens with one attached hydrogen (secondary N) is 1. The summed E-state index contributed by atoms with van der Waals surface area (Å²) in [5.41, 5.74) is 1.05. The number of nitro benzene ring substituents is 1. The van der Waals surface area contributed by atoms with Gasteiger partial charge in [-0.15, -0.1) is 0 Å². The molecular formula is C12H12FN3O2. The van der Waals surface area contributed by atoms with Crippen LogP contribution in [-0.4, -0.2) is 9.49 Å². The fraction of sp³-hybridized carbons (Fsp3) is 0.167. The summed E-state index contributed by atoms with van der Waals surface area (Å²) in [7, 11) is 1.91. The molecule has 1 N–H and O–H groups in total. The van der Waals surface area contributed by atoms with Gasteiger partial charge in [-0.25, -0.2) is 0 Å². The lowest BCUT2D eigenvalue weighted by Crippen LogP contribution is -2.00. The summed E-state index contributed by atoms with van der Waals surface area (Å²) >= 11 is 0. The molecule has 0 unspecified atom stereocenters. The molecule has 6 heteroatoms. The number of benzene rings is 1. The molecule has 1 aromatic carbocycles. The summed E-state index contributed by atoms with van der Waals surface area (Å²) in [6, 6.07) is 5.69. The second kappa shape index (κ2) is 4.87. The van der Waals surface area contributed by atoms with Crippen molar-refractivity contribution in [3.05, 3.63) is 58.2 Å². The molecule has 0 atom stereocenters. The van der Waals surface area contributed by atoms with Crippen LogP contribution in [0.1, 0.15) is 5.56 Å². The molecule has 0 spiro atoms. The van der Waals surface area contributed by atoms with Gasteiger partial charge in [-0.05, 0) is 23.8 Å². The van der Waals surface area contributed by atoms with Gasteiger partial charge in [-0.1, -0.05) is 0 Å². The van der Waals surface area contributed by atoms with Crippen LogP contribution in [0.25, 0.3) is 0 Å². The van der Waals surface area contributed by atoms with Crippen LogP contribution in [0.3, 0.4) is 0 Å². The molecule has 0 radical (unpaired) electrons. The second-order valence-electron chi connectivity index (χ2n) is 3.96. The fourth-order valence-corrected chi connectivity index (χ4v) is 1.63. The van der Waals surface area contributed by atoms with Crippen LogP contribution in [0.4, 0.5) is 15.8 Å². The van der Waals surface area contributed by atoms with Gasteiger partial charge in [0.15, 0.2) is 0 Å². The molecule has 1 aromatic heterocycles. The molecule has 0 bridgehead atoms. The maximum absolute atomic E-state index is 13.1. The molecule has 0 saturated heterocycles. The lowest BCUT2D eigenvalue weighted by atomic mass is 10.2. The van der Waals surface area contributed by atoms with Crippen LogP contribution < -0.4 is 5.32 Å². The van der Waals surface area contributed by atoms with E-state index in [9.17, 15) is 14.5 Å². The number of anilines is 1. The third kappa shape index (κ3) is 2.65. The molecule has 18 heavy (non-hydrogen) atoms. The quantitative estimate of drug-likeness (QED) is 0.669. The summed E-state index contributed by atoms with van der Waals surface area (Å²) in [4.78, 5) is 9.85. The SMILES string of the molecule is Cn1ccc(CNc2ccc(F)c([N+](=O)[O-])c2)c1. The molecule has 1 heterocycles. The first-order chi connectivity index (χ1) is 8.56.